The number of thiocarbonyl (C=S) groups is 1. The van der Waals surface area contributed by atoms with Crippen LogP contribution in [0, 0.1) is 5.41 Å². The summed E-state index contributed by atoms with van der Waals surface area (Å²) in [4.78, 5) is 0.197. The van der Waals surface area contributed by atoms with Crippen molar-refractivity contribution in [2.75, 3.05) is 0 Å². The monoisotopic (exact) mass is 300 g/mol. The molecule has 6 heteroatoms. The Labute approximate surface area is 120 Å². The highest BCUT2D eigenvalue weighted by atomic mass is 32.2. The standard InChI is InChI=1S/C13H20N2O2S2/c1-9(13(2,3)4)15-19(16,17)11-8-6-5-7-10(11)12(14)18/h5-9,15H,1-4H3,(H2,14,18). The second kappa shape index (κ2) is 5.56. The van der Waals surface area contributed by atoms with Crippen LogP contribution in [0.4, 0.5) is 0 Å². The van der Waals surface area contributed by atoms with Crippen LogP contribution in [-0.2, 0) is 10.0 Å². The normalized spacial score (nSPS) is 14.1. The van der Waals surface area contributed by atoms with Gasteiger partial charge in [0.15, 0.2) is 0 Å². The molecule has 1 rings (SSSR count). The molecule has 1 aromatic rings. The molecule has 19 heavy (non-hydrogen) atoms. The summed E-state index contributed by atoms with van der Waals surface area (Å²) in [6.45, 7) is 7.75. The van der Waals surface area contributed by atoms with E-state index in [1.807, 2.05) is 27.7 Å². The van der Waals surface area contributed by atoms with Crippen molar-refractivity contribution in [1.82, 2.24) is 4.72 Å². The largest absolute Gasteiger partial charge is 0.389 e. The number of sulfonamides is 1. The maximum absolute atomic E-state index is 12.4. The third-order valence-corrected chi connectivity index (χ3v) is 4.89. The lowest BCUT2D eigenvalue weighted by atomic mass is 9.89. The summed E-state index contributed by atoms with van der Waals surface area (Å²) in [5.74, 6) is 0. The summed E-state index contributed by atoms with van der Waals surface area (Å²) in [5.41, 5.74) is 5.76. The fraction of sp³-hybridized carbons (Fsp3) is 0.462. The summed E-state index contributed by atoms with van der Waals surface area (Å²) in [6, 6.07) is 6.26. The average Bonchev–Trinajstić information content (AvgIpc) is 2.27. The van der Waals surface area contributed by atoms with Gasteiger partial charge in [-0.15, -0.1) is 0 Å². The molecule has 0 saturated carbocycles. The lowest BCUT2D eigenvalue weighted by Gasteiger charge is -2.28. The fourth-order valence-corrected chi connectivity index (χ4v) is 3.29. The molecule has 0 saturated heterocycles. The van der Waals surface area contributed by atoms with E-state index >= 15 is 0 Å². The van der Waals surface area contributed by atoms with Crippen molar-refractivity contribution >= 4 is 27.2 Å². The van der Waals surface area contributed by atoms with Gasteiger partial charge in [-0.25, -0.2) is 13.1 Å². The summed E-state index contributed by atoms with van der Waals surface area (Å²) >= 11 is 4.89. The topological polar surface area (TPSA) is 72.2 Å². The van der Waals surface area contributed by atoms with Crippen molar-refractivity contribution < 1.29 is 8.42 Å². The van der Waals surface area contributed by atoms with E-state index in [1.54, 1.807) is 18.2 Å². The molecule has 0 aliphatic heterocycles. The zero-order valence-corrected chi connectivity index (χ0v) is 13.2. The quantitative estimate of drug-likeness (QED) is 0.835. The molecule has 1 unspecified atom stereocenters. The van der Waals surface area contributed by atoms with Gasteiger partial charge in [0.2, 0.25) is 10.0 Å². The Balaban J connectivity index is 3.19. The van der Waals surface area contributed by atoms with Crippen molar-refractivity contribution in [1.29, 1.82) is 0 Å². The highest BCUT2D eigenvalue weighted by Gasteiger charge is 2.27. The summed E-state index contributed by atoms with van der Waals surface area (Å²) in [7, 11) is -3.64. The molecule has 0 aromatic heterocycles. The van der Waals surface area contributed by atoms with E-state index in [2.05, 4.69) is 4.72 Å². The van der Waals surface area contributed by atoms with E-state index in [0.29, 0.717) is 5.56 Å². The van der Waals surface area contributed by atoms with Gasteiger partial charge < -0.3 is 5.73 Å². The Morgan fingerprint density at radius 1 is 1.32 bits per heavy atom. The Bertz CT molecular complexity index is 575. The van der Waals surface area contributed by atoms with Crippen molar-refractivity contribution in [3.05, 3.63) is 29.8 Å². The molecule has 0 aliphatic carbocycles. The molecule has 4 nitrogen and oxygen atoms in total. The second-order valence-electron chi connectivity index (χ2n) is 5.57. The second-order valence-corrected chi connectivity index (χ2v) is 7.69. The number of hydrogen-bond donors (Lipinski definition) is 2. The number of nitrogens with two attached hydrogens (primary N) is 1. The zero-order valence-electron chi connectivity index (χ0n) is 11.6. The molecule has 0 bridgehead atoms. The van der Waals surface area contributed by atoms with Crippen molar-refractivity contribution in [2.24, 2.45) is 11.1 Å². The maximum Gasteiger partial charge on any atom is 0.241 e. The van der Waals surface area contributed by atoms with Crippen molar-refractivity contribution in [2.45, 2.75) is 38.6 Å². The summed E-state index contributed by atoms with van der Waals surface area (Å²) in [5, 5.41) is 0. The minimum absolute atomic E-state index is 0.0735. The molecular weight excluding hydrogens is 280 g/mol. The van der Waals surface area contributed by atoms with Crippen LogP contribution in [0.1, 0.15) is 33.3 Å². The Morgan fingerprint density at radius 2 is 1.84 bits per heavy atom. The van der Waals surface area contributed by atoms with Gasteiger partial charge in [0.05, 0.1) is 4.90 Å². The van der Waals surface area contributed by atoms with Gasteiger partial charge in [-0.2, -0.15) is 0 Å². The molecule has 0 aliphatic rings. The Morgan fingerprint density at radius 3 is 2.32 bits per heavy atom. The van der Waals surface area contributed by atoms with Crippen LogP contribution in [0.15, 0.2) is 29.2 Å². The smallest absolute Gasteiger partial charge is 0.241 e. The SMILES string of the molecule is CC(NS(=O)(=O)c1ccccc1C(N)=S)C(C)(C)C. The van der Waals surface area contributed by atoms with Crippen LogP contribution in [0.5, 0.6) is 0 Å². The first-order valence-electron chi connectivity index (χ1n) is 5.97. The first-order valence-corrected chi connectivity index (χ1v) is 7.86. The molecule has 0 heterocycles. The average molecular weight is 300 g/mol. The molecule has 0 spiro atoms. The van der Waals surface area contributed by atoms with Gasteiger partial charge in [0, 0.05) is 11.6 Å². The van der Waals surface area contributed by atoms with Gasteiger partial charge in [-0.3, -0.25) is 0 Å². The first-order chi connectivity index (χ1) is 8.55. The number of rotatable bonds is 4. The third-order valence-electron chi connectivity index (χ3n) is 3.07. The van der Waals surface area contributed by atoms with Crippen LogP contribution < -0.4 is 10.5 Å². The van der Waals surface area contributed by atoms with E-state index in [0.717, 1.165) is 0 Å². The van der Waals surface area contributed by atoms with Crippen LogP contribution in [-0.4, -0.2) is 19.4 Å². The molecule has 106 valence electrons. The molecule has 1 aromatic carbocycles. The molecule has 0 amide bonds. The zero-order chi connectivity index (χ0) is 14.8. The van der Waals surface area contributed by atoms with Crippen LogP contribution >= 0.6 is 12.2 Å². The first kappa shape index (κ1) is 16.1. The van der Waals surface area contributed by atoms with Gasteiger partial charge in [0.1, 0.15) is 4.99 Å². The van der Waals surface area contributed by atoms with Crippen LogP contribution in [0.2, 0.25) is 0 Å². The van der Waals surface area contributed by atoms with Crippen LogP contribution in [0.3, 0.4) is 0 Å². The van der Waals surface area contributed by atoms with E-state index in [-0.39, 0.29) is 21.3 Å². The number of hydrogen-bond acceptors (Lipinski definition) is 3. The highest BCUT2D eigenvalue weighted by Crippen LogP contribution is 2.22. The third kappa shape index (κ3) is 3.99. The van der Waals surface area contributed by atoms with E-state index in [4.69, 9.17) is 18.0 Å². The summed E-state index contributed by atoms with van der Waals surface area (Å²) in [6.07, 6.45) is 0. The van der Waals surface area contributed by atoms with E-state index in [9.17, 15) is 8.42 Å². The van der Waals surface area contributed by atoms with Crippen molar-refractivity contribution in [3.8, 4) is 0 Å². The van der Waals surface area contributed by atoms with Gasteiger partial charge >= 0.3 is 0 Å². The Hall–Kier alpha value is -0.980. The van der Waals surface area contributed by atoms with Gasteiger partial charge in [0.25, 0.3) is 0 Å². The molecule has 0 radical (unpaired) electrons. The predicted molar refractivity (Wildman–Crippen MR) is 81.6 cm³/mol. The summed E-state index contributed by atoms with van der Waals surface area (Å²) < 4.78 is 27.4. The van der Waals surface area contributed by atoms with E-state index in [1.165, 1.54) is 6.07 Å². The predicted octanol–water partition coefficient (Wildman–Crippen LogP) is 2.03. The fourth-order valence-electron chi connectivity index (χ4n) is 1.38. The minimum Gasteiger partial charge on any atom is -0.389 e. The maximum atomic E-state index is 12.4. The lowest BCUT2D eigenvalue weighted by molar-refractivity contribution is 0.317. The highest BCUT2D eigenvalue weighted by molar-refractivity contribution is 7.89. The van der Waals surface area contributed by atoms with Crippen LogP contribution in [0.25, 0.3) is 0 Å². The number of benzene rings is 1. The molecule has 0 fully saturated rings. The minimum atomic E-state index is -3.64. The van der Waals surface area contributed by atoms with E-state index < -0.39 is 10.0 Å². The molecular formula is C13H20N2O2S2. The molecule has 1 atom stereocenters. The molecule has 3 N–H and O–H groups in total. The Kier molecular flexibility index (Phi) is 4.71. The van der Waals surface area contributed by atoms with Gasteiger partial charge in [-0.1, -0.05) is 51.2 Å². The van der Waals surface area contributed by atoms with Gasteiger partial charge in [-0.05, 0) is 18.4 Å². The van der Waals surface area contributed by atoms with Crippen molar-refractivity contribution in [3.63, 3.8) is 0 Å². The number of nitrogens with one attached hydrogen (secondary N) is 1. The lowest BCUT2D eigenvalue weighted by Crippen LogP contribution is -2.41.